The lowest BCUT2D eigenvalue weighted by Crippen LogP contribution is -2.27. The maximum absolute atomic E-state index is 13.0. The smallest absolute Gasteiger partial charge is 0.255 e. The highest BCUT2D eigenvalue weighted by molar-refractivity contribution is 6.11. The van der Waals surface area contributed by atoms with Gasteiger partial charge in [0.05, 0.1) is 17.0 Å². The van der Waals surface area contributed by atoms with E-state index in [1.54, 1.807) is 0 Å². The molecule has 2 heterocycles. The van der Waals surface area contributed by atoms with Crippen LogP contribution in [0.15, 0.2) is 36.7 Å². The summed E-state index contributed by atoms with van der Waals surface area (Å²) in [6.45, 7) is 1.94. The number of nitrogens with two attached hydrogens (primary N) is 1. The van der Waals surface area contributed by atoms with Gasteiger partial charge >= 0.3 is 0 Å². The van der Waals surface area contributed by atoms with E-state index in [1.165, 1.54) is 6.33 Å². The fraction of sp³-hybridized carbons (Fsp3) is 0.250. The van der Waals surface area contributed by atoms with Crippen molar-refractivity contribution in [2.24, 2.45) is 5.92 Å². The Labute approximate surface area is 151 Å². The first kappa shape index (κ1) is 16.2. The summed E-state index contributed by atoms with van der Waals surface area (Å²) in [5.74, 6) is 6.73. The average molecular weight is 345 g/mol. The highest BCUT2D eigenvalue weighted by atomic mass is 16.1. The second kappa shape index (κ2) is 6.52. The van der Waals surface area contributed by atoms with Gasteiger partial charge in [-0.15, -0.1) is 0 Å². The van der Waals surface area contributed by atoms with Gasteiger partial charge in [-0.3, -0.25) is 4.79 Å². The van der Waals surface area contributed by atoms with Crippen molar-refractivity contribution in [3.05, 3.63) is 53.5 Å². The molecule has 1 saturated carbocycles. The summed E-state index contributed by atoms with van der Waals surface area (Å²) < 4.78 is 0. The SMILES string of the molecule is C[C@@H](NC(=O)c1c(C#CC2CC2)[nH]c2ncnc(N)c12)c1ccccc1. The Hall–Kier alpha value is -3.33. The van der Waals surface area contributed by atoms with E-state index in [9.17, 15) is 4.79 Å². The van der Waals surface area contributed by atoms with Gasteiger partial charge < -0.3 is 16.0 Å². The number of H-pyrrole nitrogens is 1. The summed E-state index contributed by atoms with van der Waals surface area (Å²) in [6.07, 6.45) is 3.60. The van der Waals surface area contributed by atoms with Crippen molar-refractivity contribution in [3.63, 3.8) is 0 Å². The number of nitrogen functional groups attached to an aromatic ring is 1. The molecule has 6 nitrogen and oxygen atoms in total. The number of aromatic nitrogens is 3. The second-order valence-electron chi connectivity index (χ2n) is 6.51. The van der Waals surface area contributed by atoms with Crippen molar-refractivity contribution in [3.8, 4) is 11.8 Å². The van der Waals surface area contributed by atoms with Crippen molar-refractivity contribution < 1.29 is 4.79 Å². The molecule has 0 bridgehead atoms. The van der Waals surface area contributed by atoms with Gasteiger partial charge in [0, 0.05) is 5.92 Å². The fourth-order valence-electron chi connectivity index (χ4n) is 2.86. The van der Waals surface area contributed by atoms with Gasteiger partial charge in [-0.05, 0) is 31.2 Å². The van der Waals surface area contributed by atoms with E-state index >= 15 is 0 Å². The minimum absolute atomic E-state index is 0.149. The predicted molar refractivity (Wildman–Crippen MR) is 100 cm³/mol. The summed E-state index contributed by atoms with van der Waals surface area (Å²) in [5, 5.41) is 3.54. The molecule has 130 valence electrons. The van der Waals surface area contributed by atoms with Gasteiger partial charge in [0.25, 0.3) is 5.91 Å². The number of anilines is 1. The number of carbonyl (C=O) groups excluding carboxylic acids is 1. The lowest BCUT2D eigenvalue weighted by Gasteiger charge is -2.14. The fourth-order valence-corrected chi connectivity index (χ4v) is 2.86. The highest BCUT2D eigenvalue weighted by Crippen LogP contribution is 2.29. The topological polar surface area (TPSA) is 96.7 Å². The van der Waals surface area contributed by atoms with Gasteiger partial charge in [0.15, 0.2) is 0 Å². The molecule has 26 heavy (non-hydrogen) atoms. The lowest BCUT2D eigenvalue weighted by molar-refractivity contribution is 0.0941. The lowest BCUT2D eigenvalue weighted by atomic mass is 10.1. The number of nitrogens with one attached hydrogen (secondary N) is 2. The van der Waals surface area contributed by atoms with Crippen LogP contribution in [0.1, 0.15) is 47.4 Å². The third kappa shape index (κ3) is 3.11. The number of hydrogen-bond donors (Lipinski definition) is 3. The monoisotopic (exact) mass is 345 g/mol. The first-order valence-corrected chi connectivity index (χ1v) is 8.63. The highest BCUT2D eigenvalue weighted by Gasteiger charge is 2.23. The zero-order chi connectivity index (χ0) is 18.1. The third-order valence-corrected chi connectivity index (χ3v) is 4.47. The Balaban J connectivity index is 1.73. The summed E-state index contributed by atoms with van der Waals surface area (Å²) in [5.41, 5.74) is 8.52. The molecule has 0 unspecified atom stereocenters. The van der Waals surface area contributed by atoms with Gasteiger partial charge in [-0.2, -0.15) is 0 Å². The Morgan fingerprint density at radius 2 is 2.08 bits per heavy atom. The molecule has 1 fully saturated rings. The molecule has 1 aromatic carbocycles. The van der Waals surface area contributed by atoms with E-state index in [4.69, 9.17) is 5.73 Å². The summed E-state index contributed by atoms with van der Waals surface area (Å²) >= 11 is 0. The molecule has 1 atom stereocenters. The summed E-state index contributed by atoms with van der Waals surface area (Å²) in [7, 11) is 0. The predicted octanol–water partition coefficient (Wildman–Crippen LogP) is 2.79. The van der Waals surface area contributed by atoms with Crippen LogP contribution in [0.4, 0.5) is 5.82 Å². The summed E-state index contributed by atoms with van der Waals surface area (Å²) in [4.78, 5) is 24.4. The quantitative estimate of drug-likeness (QED) is 0.636. The first-order chi connectivity index (χ1) is 12.6. The number of aromatic amines is 1. The molecule has 1 aliphatic rings. The zero-order valence-corrected chi connectivity index (χ0v) is 14.4. The van der Waals surface area contributed by atoms with Gasteiger partial charge in [0.1, 0.15) is 23.5 Å². The van der Waals surface area contributed by atoms with Gasteiger partial charge in [-0.1, -0.05) is 36.3 Å². The minimum Gasteiger partial charge on any atom is -0.383 e. The van der Waals surface area contributed by atoms with E-state index in [2.05, 4.69) is 32.1 Å². The van der Waals surface area contributed by atoms with E-state index < -0.39 is 0 Å². The minimum atomic E-state index is -0.241. The molecule has 3 aromatic rings. The van der Waals surface area contributed by atoms with Gasteiger partial charge in [-0.25, -0.2) is 9.97 Å². The molecule has 1 aliphatic carbocycles. The van der Waals surface area contributed by atoms with Crippen LogP contribution in [-0.2, 0) is 0 Å². The molecule has 0 spiro atoms. The van der Waals surface area contributed by atoms with Crippen LogP contribution in [0.3, 0.4) is 0 Å². The van der Waals surface area contributed by atoms with Crippen molar-refractivity contribution in [1.82, 2.24) is 20.3 Å². The van der Waals surface area contributed by atoms with Gasteiger partial charge in [0.2, 0.25) is 0 Å². The molecule has 1 amide bonds. The number of benzene rings is 1. The van der Waals surface area contributed by atoms with Crippen LogP contribution >= 0.6 is 0 Å². The van der Waals surface area contributed by atoms with E-state index in [0.29, 0.717) is 28.2 Å². The standard InChI is InChI=1S/C20H19N5O/c1-12(14-5-3-2-4-6-14)24-20(26)16-15(10-9-13-7-8-13)25-19-17(16)18(21)22-11-23-19/h2-6,11-13H,7-8H2,1H3,(H,24,26)(H3,21,22,23,25)/t12-/m1/s1. The number of fused-ring (bicyclic) bond motifs is 1. The largest absolute Gasteiger partial charge is 0.383 e. The Kier molecular flexibility index (Phi) is 4.05. The van der Waals surface area contributed by atoms with Crippen LogP contribution in [-0.4, -0.2) is 20.9 Å². The first-order valence-electron chi connectivity index (χ1n) is 8.63. The number of carbonyl (C=O) groups is 1. The van der Waals surface area contributed by atoms with Crippen molar-refractivity contribution in [2.75, 3.05) is 5.73 Å². The number of hydrogen-bond acceptors (Lipinski definition) is 4. The maximum Gasteiger partial charge on any atom is 0.255 e. The normalized spacial score (nSPS) is 14.5. The second-order valence-corrected chi connectivity index (χ2v) is 6.51. The molecule has 0 saturated heterocycles. The van der Waals surface area contributed by atoms with E-state index in [0.717, 1.165) is 18.4 Å². The van der Waals surface area contributed by atoms with Crippen LogP contribution < -0.4 is 11.1 Å². The molecule has 0 radical (unpaired) electrons. The molecule has 2 aromatic heterocycles. The number of amides is 1. The zero-order valence-electron chi connectivity index (χ0n) is 14.4. The number of rotatable bonds is 3. The number of nitrogens with zero attached hydrogens (tertiary/aromatic N) is 2. The molecule has 4 N–H and O–H groups in total. The maximum atomic E-state index is 13.0. The third-order valence-electron chi connectivity index (χ3n) is 4.47. The van der Waals surface area contributed by atoms with Crippen molar-refractivity contribution in [2.45, 2.75) is 25.8 Å². The molecular formula is C20H19N5O. The summed E-state index contributed by atoms with van der Waals surface area (Å²) in [6, 6.07) is 9.64. The Morgan fingerprint density at radius 3 is 2.81 bits per heavy atom. The molecule has 4 rings (SSSR count). The molecular weight excluding hydrogens is 326 g/mol. The van der Waals surface area contributed by atoms with Crippen LogP contribution in [0.5, 0.6) is 0 Å². The Bertz CT molecular complexity index is 1020. The van der Waals surface area contributed by atoms with Crippen molar-refractivity contribution in [1.29, 1.82) is 0 Å². The average Bonchev–Trinajstić information content (AvgIpc) is 3.40. The van der Waals surface area contributed by atoms with E-state index in [1.807, 2.05) is 37.3 Å². The molecule has 6 heteroatoms. The van der Waals surface area contributed by atoms with E-state index in [-0.39, 0.29) is 17.8 Å². The van der Waals surface area contributed by atoms with Crippen molar-refractivity contribution >= 4 is 22.8 Å². The van der Waals surface area contributed by atoms with Crippen LogP contribution in [0.25, 0.3) is 11.0 Å². The van der Waals surface area contributed by atoms with Crippen LogP contribution in [0, 0.1) is 17.8 Å². The Morgan fingerprint density at radius 1 is 1.31 bits per heavy atom. The van der Waals surface area contributed by atoms with Crippen LogP contribution in [0.2, 0.25) is 0 Å². The molecule has 0 aliphatic heterocycles.